The highest BCUT2D eigenvalue weighted by molar-refractivity contribution is 5.28. The van der Waals surface area contributed by atoms with Gasteiger partial charge in [-0.25, -0.2) is 0 Å². The summed E-state index contributed by atoms with van der Waals surface area (Å²) in [6.07, 6.45) is 8.80. The van der Waals surface area contributed by atoms with E-state index in [4.69, 9.17) is 5.73 Å². The molecule has 19 heavy (non-hydrogen) atoms. The van der Waals surface area contributed by atoms with Crippen LogP contribution in [-0.4, -0.2) is 11.7 Å². The number of benzene rings is 1. The Morgan fingerprint density at radius 2 is 2.05 bits per heavy atom. The first-order chi connectivity index (χ1) is 9.17. The van der Waals surface area contributed by atoms with Gasteiger partial charge >= 0.3 is 0 Å². The zero-order valence-electron chi connectivity index (χ0n) is 12.1. The molecule has 0 bridgehead atoms. The molecule has 0 atom stereocenters. The van der Waals surface area contributed by atoms with E-state index >= 15 is 0 Å². The van der Waals surface area contributed by atoms with E-state index in [1.54, 1.807) is 6.07 Å². The molecule has 0 amide bonds. The lowest BCUT2D eigenvalue weighted by molar-refractivity contribution is 0.150. The van der Waals surface area contributed by atoms with Gasteiger partial charge in [-0.15, -0.1) is 0 Å². The second-order valence-electron chi connectivity index (χ2n) is 6.28. The maximum Gasteiger partial charge on any atom is 0.115 e. The molecule has 1 saturated carbocycles. The molecule has 2 nitrogen and oxygen atoms in total. The van der Waals surface area contributed by atoms with Crippen LogP contribution in [0.25, 0.3) is 0 Å². The summed E-state index contributed by atoms with van der Waals surface area (Å²) in [4.78, 5) is 0. The van der Waals surface area contributed by atoms with Crippen molar-refractivity contribution in [2.45, 2.75) is 51.9 Å². The highest BCUT2D eigenvalue weighted by atomic mass is 16.3. The summed E-state index contributed by atoms with van der Waals surface area (Å²) in [6, 6.07) is 7.65. The molecule has 1 aromatic carbocycles. The average Bonchev–Trinajstić information content (AvgIpc) is 2.42. The van der Waals surface area contributed by atoms with Crippen LogP contribution in [0.1, 0.15) is 51.0 Å². The second kappa shape index (κ2) is 6.42. The summed E-state index contributed by atoms with van der Waals surface area (Å²) in [7, 11) is 0. The van der Waals surface area contributed by atoms with E-state index in [0.717, 1.165) is 18.9 Å². The Labute approximate surface area is 117 Å². The van der Waals surface area contributed by atoms with E-state index in [2.05, 4.69) is 13.0 Å². The van der Waals surface area contributed by atoms with Crippen molar-refractivity contribution in [1.29, 1.82) is 0 Å². The number of hydrogen-bond donors (Lipinski definition) is 2. The lowest BCUT2D eigenvalue weighted by Gasteiger charge is -2.39. The Kier molecular flexibility index (Phi) is 4.87. The molecule has 1 aromatic rings. The predicted molar refractivity (Wildman–Crippen MR) is 80.2 cm³/mol. The van der Waals surface area contributed by atoms with Crippen molar-refractivity contribution in [3.05, 3.63) is 29.8 Å². The largest absolute Gasteiger partial charge is 0.508 e. The smallest absolute Gasteiger partial charge is 0.115 e. The molecule has 0 spiro atoms. The minimum Gasteiger partial charge on any atom is -0.508 e. The molecule has 2 heteroatoms. The van der Waals surface area contributed by atoms with Gasteiger partial charge in [-0.1, -0.05) is 31.9 Å². The minimum absolute atomic E-state index is 0.262. The van der Waals surface area contributed by atoms with Gasteiger partial charge in [0, 0.05) is 0 Å². The third-order valence-corrected chi connectivity index (χ3v) is 4.79. The van der Waals surface area contributed by atoms with Gasteiger partial charge in [0.15, 0.2) is 0 Å². The molecule has 0 unspecified atom stereocenters. The second-order valence-corrected chi connectivity index (χ2v) is 6.28. The van der Waals surface area contributed by atoms with Crippen molar-refractivity contribution >= 4 is 0 Å². The molecule has 2 rings (SSSR count). The van der Waals surface area contributed by atoms with E-state index in [-0.39, 0.29) is 5.41 Å². The Bertz CT molecular complexity index is 394. The molecular weight excluding hydrogens is 234 g/mol. The van der Waals surface area contributed by atoms with E-state index in [1.165, 1.54) is 44.1 Å². The Balaban J connectivity index is 2.00. The van der Waals surface area contributed by atoms with Gasteiger partial charge in [-0.2, -0.15) is 0 Å². The first kappa shape index (κ1) is 14.4. The minimum atomic E-state index is 0.262. The van der Waals surface area contributed by atoms with Crippen LogP contribution in [0.15, 0.2) is 24.3 Å². The first-order valence-electron chi connectivity index (χ1n) is 7.65. The van der Waals surface area contributed by atoms with Crippen molar-refractivity contribution in [1.82, 2.24) is 0 Å². The maximum absolute atomic E-state index is 9.58. The number of aromatic hydroxyl groups is 1. The van der Waals surface area contributed by atoms with Gasteiger partial charge < -0.3 is 10.8 Å². The van der Waals surface area contributed by atoms with Crippen molar-refractivity contribution < 1.29 is 5.11 Å². The summed E-state index contributed by atoms with van der Waals surface area (Å²) in [5, 5.41) is 9.58. The van der Waals surface area contributed by atoms with Crippen LogP contribution in [0.4, 0.5) is 0 Å². The number of rotatable bonds is 5. The van der Waals surface area contributed by atoms with Gasteiger partial charge in [0.25, 0.3) is 0 Å². The average molecular weight is 261 g/mol. The summed E-state index contributed by atoms with van der Waals surface area (Å²) < 4.78 is 0. The number of hydrogen-bond acceptors (Lipinski definition) is 2. The molecule has 0 radical (unpaired) electrons. The number of phenolic OH excluding ortho intramolecular Hbond substituents is 1. The van der Waals surface area contributed by atoms with Gasteiger partial charge in [0.2, 0.25) is 0 Å². The fourth-order valence-corrected chi connectivity index (χ4v) is 3.54. The van der Waals surface area contributed by atoms with E-state index in [9.17, 15) is 5.11 Å². The lowest BCUT2D eigenvalue weighted by atomic mass is 9.67. The molecule has 1 aliphatic carbocycles. The zero-order chi connectivity index (χ0) is 13.7. The first-order valence-corrected chi connectivity index (χ1v) is 7.65. The fraction of sp³-hybridized carbons (Fsp3) is 0.647. The summed E-state index contributed by atoms with van der Waals surface area (Å²) in [6.45, 7) is 3.04. The van der Waals surface area contributed by atoms with Crippen LogP contribution in [-0.2, 0) is 6.42 Å². The van der Waals surface area contributed by atoms with Crippen LogP contribution in [0.3, 0.4) is 0 Å². The Morgan fingerprint density at radius 3 is 2.63 bits per heavy atom. The highest BCUT2D eigenvalue weighted by Gasteiger charge is 2.33. The van der Waals surface area contributed by atoms with Crippen LogP contribution >= 0.6 is 0 Å². The van der Waals surface area contributed by atoms with E-state index in [0.29, 0.717) is 5.75 Å². The van der Waals surface area contributed by atoms with Crippen molar-refractivity contribution in [3.63, 3.8) is 0 Å². The van der Waals surface area contributed by atoms with Crippen LogP contribution < -0.4 is 5.73 Å². The van der Waals surface area contributed by atoms with Gasteiger partial charge in [0.05, 0.1) is 0 Å². The zero-order valence-corrected chi connectivity index (χ0v) is 12.1. The summed E-state index contributed by atoms with van der Waals surface area (Å²) in [5.74, 6) is 1.28. The molecule has 0 saturated heterocycles. The third-order valence-electron chi connectivity index (χ3n) is 4.79. The summed E-state index contributed by atoms with van der Waals surface area (Å²) in [5.41, 5.74) is 7.56. The quantitative estimate of drug-likeness (QED) is 0.845. The van der Waals surface area contributed by atoms with Crippen molar-refractivity contribution in [3.8, 4) is 5.75 Å². The van der Waals surface area contributed by atoms with Crippen molar-refractivity contribution in [2.24, 2.45) is 17.1 Å². The van der Waals surface area contributed by atoms with E-state index < -0.39 is 0 Å². The standard InChI is InChI=1S/C17H27NO/c1-2-4-14-7-9-17(13-18,10-8-14)12-15-5-3-6-16(19)11-15/h3,5-6,11,14,19H,2,4,7-10,12-13,18H2,1H3. The van der Waals surface area contributed by atoms with Gasteiger partial charge in [-0.05, 0) is 67.7 Å². The lowest BCUT2D eigenvalue weighted by Crippen LogP contribution is -2.36. The third kappa shape index (κ3) is 3.73. The predicted octanol–water partition coefficient (Wildman–Crippen LogP) is 3.87. The Hall–Kier alpha value is -1.02. The number of nitrogens with two attached hydrogens (primary N) is 1. The molecule has 0 heterocycles. The van der Waals surface area contributed by atoms with E-state index in [1.807, 2.05) is 12.1 Å². The fourth-order valence-electron chi connectivity index (χ4n) is 3.54. The van der Waals surface area contributed by atoms with Crippen molar-refractivity contribution in [2.75, 3.05) is 6.54 Å². The molecule has 1 fully saturated rings. The van der Waals surface area contributed by atoms with Gasteiger partial charge in [0.1, 0.15) is 5.75 Å². The number of phenols is 1. The van der Waals surface area contributed by atoms with Gasteiger partial charge in [-0.3, -0.25) is 0 Å². The Morgan fingerprint density at radius 1 is 1.32 bits per heavy atom. The summed E-state index contributed by atoms with van der Waals surface area (Å²) >= 11 is 0. The van der Waals surface area contributed by atoms with Crippen LogP contribution in [0, 0.1) is 11.3 Å². The monoisotopic (exact) mass is 261 g/mol. The molecule has 106 valence electrons. The van der Waals surface area contributed by atoms with Crippen LogP contribution in [0.2, 0.25) is 0 Å². The molecular formula is C17H27NO. The SMILES string of the molecule is CCCC1CCC(CN)(Cc2cccc(O)c2)CC1. The normalized spacial score (nSPS) is 27.4. The topological polar surface area (TPSA) is 46.2 Å². The van der Waals surface area contributed by atoms with Crippen LogP contribution in [0.5, 0.6) is 5.75 Å². The molecule has 1 aliphatic rings. The maximum atomic E-state index is 9.58. The molecule has 0 aromatic heterocycles. The molecule has 3 N–H and O–H groups in total. The molecule has 0 aliphatic heterocycles. The highest BCUT2D eigenvalue weighted by Crippen LogP contribution is 2.42.